The quantitative estimate of drug-likeness (QED) is 0.789. The predicted octanol–water partition coefficient (Wildman–Crippen LogP) is 2.44. The second kappa shape index (κ2) is 5.72. The Kier molecular flexibility index (Phi) is 3.76. The summed E-state index contributed by atoms with van der Waals surface area (Å²) in [6.07, 6.45) is 2.99. The molecule has 3 aromatic rings. The van der Waals surface area contributed by atoms with Crippen LogP contribution in [0.5, 0.6) is 5.75 Å². The maximum absolute atomic E-state index is 6.11. The molecule has 0 radical (unpaired) electrons. The van der Waals surface area contributed by atoms with Crippen molar-refractivity contribution >= 4 is 28.8 Å². The molecule has 22 heavy (non-hydrogen) atoms. The van der Waals surface area contributed by atoms with Gasteiger partial charge in [-0.05, 0) is 0 Å². The van der Waals surface area contributed by atoms with Gasteiger partial charge < -0.3 is 10.1 Å². The standard InChI is InChI=1S/C13H14ClN7O/c1-7(2)12-18-19-13-8(4-10(14)20-21(12)13)17-11-9(22-3)5-15-6-16-11/h4-7H,1-3H3,(H,15,16,17). The molecule has 3 heterocycles. The molecule has 3 rings (SSSR count). The Hall–Kier alpha value is -2.48. The topological polar surface area (TPSA) is 90.1 Å². The summed E-state index contributed by atoms with van der Waals surface area (Å²) in [6, 6.07) is 1.66. The van der Waals surface area contributed by atoms with Crippen LogP contribution in [-0.4, -0.2) is 36.9 Å². The van der Waals surface area contributed by atoms with Gasteiger partial charge in [0, 0.05) is 12.0 Å². The Morgan fingerprint density at radius 3 is 2.86 bits per heavy atom. The Bertz CT molecular complexity index is 817. The summed E-state index contributed by atoms with van der Waals surface area (Å²) in [5.41, 5.74) is 1.20. The molecule has 0 saturated heterocycles. The molecule has 0 aliphatic rings. The zero-order valence-electron chi connectivity index (χ0n) is 12.3. The molecule has 0 unspecified atom stereocenters. The van der Waals surface area contributed by atoms with Gasteiger partial charge in [0.25, 0.3) is 0 Å². The molecular formula is C13H14ClN7O. The van der Waals surface area contributed by atoms with Crippen molar-refractivity contribution in [3.63, 3.8) is 0 Å². The minimum absolute atomic E-state index is 0.169. The van der Waals surface area contributed by atoms with Crippen molar-refractivity contribution in [1.29, 1.82) is 0 Å². The van der Waals surface area contributed by atoms with Crippen LogP contribution in [-0.2, 0) is 0 Å². The number of anilines is 2. The third kappa shape index (κ3) is 2.52. The number of aromatic nitrogens is 6. The largest absolute Gasteiger partial charge is 0.491 e. The van der Waals surface area contributed by atoms with Crippen LogP contribution in [0, 0.1) is 0 Å². The molecule has 1 N–H and O–H groups in total. The molecule has 0 amide bonds. The van der Waals surface area contributed by atoms with Crippen LogP contribution in [0.25, 0.3) is 5.65 Å². The van der Waals surface area contributed by atoms with Crippen molar-refractivity contribution in [3.05, 3.63) is 29.6 Å². The van der Waals surface area contributed by atoms with Crippen LogP contribution in [0.2, 0.25) is 5.15 Å². The van der Waals surface area contributed by atoms with E-state index in [0.29, 0.717) is 28.1 Å². The van der Waals surface area contributed by atoms with E-state index < -0.39 is 0 Å². The maximum Gasteiger partial charge on any atom is 0.201 e. The van der Waals surface area contributed by atoms with Crippen LogP contribution in [0.4, 0.5) is 11.5 Å². The predicted molar refractivity (Wildman–Crippen MR) is 81.7 cm³/mol. The van der Waals surface area contributed by atoms with Gasteiger partial charge in [0.1, 0.15) is 6.33 Å². The van der Waals surface area contributed by atoms with E-state index >= 15 is 0 Å². The van der Waals surface area contributed by atoms with Gasteiger partial charge >= 0.3 is 0 Å². The zero-order chi connectivity index (χ0) is 15.7. The molecule has 0 aliphatic heterocycles. The van der Waals surface area contributed by atoms with Crippen molar-refractivity contribution in [1.82, 2.24) is 29.8 Å². The van der Waals surface area contributed by atoms with Gasteiger partial charge in [-0.15, -0.1) is 10.2 Å². The number of nitrogens with zero attached hydrogens (tertiary/aromatic N) is 6. The van der Waals surface area contributed by atoms with Crippen LogP contribution in [0.1, 0.15) is 25.6 Å². The van der Waals surface area contributed by atoms with E-state index in [-0.39, 0.29) is 5.92 Å². The van der Waals surface area contributed by atoms with Gasteiger partial charge in [0.05, 0.1) is 19.0 Å². The number of nitrogens with one attached hydrogen (secondary N) is 1. The van der Waals surface area contributed by atoms with Gasteiger partial charge in [-0.1, -0.05) is 25.4 Å². The molecule has 8 nitrogen and oxygen atoms in total. The highest BCUT2D eigenvalue weighted by atomic mass is 35.5. The lowest BCUT2D eigenvalue weighted by Gasteiger charge is -2.10. The van der Waals surface area contributed by atoms with Crippen LogP contribution >= 0.6 is 11.6 Å². The highest BCUT2D eigenvalue weighted by Crippen LogP contribution is 2.28. The number of rotatable bonds is 4. The summed E-state index contributed by atoms with van der Waals surface area (Å²) in [6.45, 7) is 4.03. The van der Waals surface area contributed by atoms with Gasteiger partial charge in [-0.2, -0.15) is 9.61 Å². The first kappa shape index (κ1) is 14.5. The lowest BCUT2D eigenvalue weighted by Crippen LogP contribution is -2.04. The monoisotopic (exact) mass is 319 g/mol. The first-order chi connectivity index (χ1) is 10.6. The second-order valence-corrected chi connectivity index (χ2v) is 5.28. The molecule has 0 fully saturated rings. The highest BCUT2D eigenvalue weighted by Gasteiger charge is 2.16. The fourth-order valence-electron chi connectivity index (χ4n) is 2.01. The van der Waals surface area contributed by atoms with E-state index in [1.165, 1.54) is 6.33 Å². The number of fused-ring (bicyclic) bond motifs is 1. The van der Waals surface area contributed by atoms with Crippen molar-refractivity contribution in [2.24, 2.45) is 0 Å². The van der Waals surface area contributed by atoms with Gasteiger partial charge in [-0.3, -0.25) is 0 Å². The van der Waals surface area contributed by atoms with Gasteiger partial charge in [0.15, 0.2) is 22.5 Å². The summed E-state index contributed by atoms with van der Waals surface area (Å²) in [5.74, 6) is 1.92. The Labute approximate surface area is 131 Å². The molecule has 9 heteroatoms. The van der Waals surface area contributed by atoms with Crippen molar-refractivity contribution < 1.29 is 4.74 Å². The van der Waals surface area contributed by atoms with E-state index in [1.54, 1.807) is 23.9 Å². The SMILES string of the molecule is COc1cncnc1Nc1cc(Cl)nn2c(C(C)C)nnc12. The van der Waals surface area contributed by atoms with Crippen molar-refractivity contribution in [3.8, 4) is 5.75 Å². The van der Waals surface area contributed by atoms with Crippen LogP contribution in [0.3, 0.4) is 0 Å². The fourth-order valence-corrected chi connectivity index (χ4v) is 2.19. The Balaban J connectivity index is 2.11. The van der Waals surface area contributed by atoms with Crippen molar-refractivity contribution in [2.75, 3.05) is 12.4 Å². The van der Waals surface area contributed by atoms with Crippen LogP contribution in [0.15, 0.2) is 18.6 Å². The molecule has 0 spiro atoms. The van der Waals surface area contributed by atoms with E-state index in [4.69, 9.17) is 16.3 Å². The van der Waals surface area contributed by atoms with Gasteiger partial charge in [-0.25, -0.2) is 9.97 Å². The van der Waals surface area contributed by atoms with E-state index in [2.05, 4.69) is 30.6 Å². The minimum atomic E-state index is 0.169. The Morgan fingerprint density at radius 1 is 1.32 bits per heavy atom. The maximum atomic E-state index is 6.11. The zero-order valence-corrected chi connectivity index (χ0v) is 13.0. The van der Waals surface area contributed by atoms with E-state index in [9.17, 15) is 0 Å². The number of halogens is 1. The first-order valence-corrected chi connectivity index (χ1v) is 7.00. The molecular weight excluding hydrogens is 306 g/mol. The van der Waals surface area contributed by atoms with Crippen LogP contribution < -0.4 is 10.1 Å². The third-order valence-electron chi connectivity index (χ3n) is 3.03. The second-order valence-electron chi connectivity index (χ2n) is 4.89. The first-order valence-electron chi connectivity index (χ1n) is 6.63. The average Bonchev–Trinajstić information content (AvgIpc) is 2.91. The molecule has 114 valence electrons. The number of hydrogen-bond donors (Lipinski definition) is 1. The highest BCUT2D eigenvalue weighted by molar-refractivity contribution is 6.29. The third-order valence-corrected chi connectivity index (χ3v) is 3.22. The molecule has 3 aromatic heterocycles. The summed E-state index contributed by atoms with van der Waals surface area (Å²) in [4.78, 5) is 8.07. The molecule has 0 aliphatic carbocycles. The Morgan fingerprint density at radius 2 is 2.14 bits per heavy atom. The lowest BCUT2D eigenvalue weighted by molar-refractivity contribution is 0.413. The summed E-state index contributed by atoms with van der Waals surface area (Å²) in [7, 11) is 1.55. The lowest BCUT2D eigenvalue weighted by atomic mass is 10.2. The number of hydrogen-bond acceptors (Lipinski definition) is 7. The fraction of sp³-hybridized carbons (Fsp3) is 0.308. The summed E-state index contributed by atoms with van der Waals surface area (Å²) in [5, 5.41) is 16.1. The van der Waals surface area contributed by atoms with Gasteiger partial charge in [0.2, 0.25) is 5.65 Å². The van der Waals surface area contributed by atoms with E-state index in [1.807, 2.05) is 13.8 Å². The number of ether oxygens (including phenoxy) is 1. The molecule has 0 bridgehead atoms. The smallest absolute Gasteiger partial charge is 0.201 e. The van der Waals surface area contributed by atoms with E-state index in [0.717, 1.165) is 5.82 Å². The molecule has 0 aromatic carbocycles. The number of methoxy groups -OCH3 is 1. The normalized spacial score (nSPS) is 11.1. The average molecular weight is 320 g/mol. The summed E-state index contributed by atoms with van der Waals surface area (Å²) >= 11 is 6.11. The molecule has 0 atom stereocenters. The molecule has 0 saturated carbocycles. The van der Waals surface area contributed by atoms with Crippen molar-refractivity contribution in [2.45, 2.75) is 19.8 Å². The summed E-state index contributed by atoms with van der Waals surface area (Å²) < 4.78 is 6.85. The minimum Gasteiger partial charge on any atom is -0.491 e.